The molecule has 1 unspecified atom stereocenters. The molecule has 2 rings (SSSR count). The van der Waals surface area contributed by atoms with Crippen molar-refractivity contribution in [2.45, 2.75) is 5.38 Å². The first kappa shape index (κ1) is 14.0. The van der Waals surface area contributed by atoms with Gasteiger partial charge in [0.2, 0.25) is 5.91 Å². The molecule has 1 N–H and O–H groups in total. The predicted molar refractivity (Wildman–Crippen MR) is 74.8 cm³/mol. The van der Waals surface area contributed by atoms with Crippen LogP contribution in [-0.4, -0.2) is 5.91 Å². The highest BCUT2D eigenvalue weighted by Crippen LogP contribution is 2.24. The summed E-state index contributed by atoms with van der Waals surface area (Å²) in [5, 5.41) is 10.4. The standard InChI is InChI=1S/C15H10ClFN2O/c16-14(10-5-2-1-3-6-10)15(20)19-13-8-4-7-12(17)11(13)9-18/h1-8,14H,(H,19,20). The first-order valence-corrected chi connectivity index (χ1v) is 6.25. The molecule has 1 atom stereocenters. The van der Waals surface area contributed by atoms with E-state index in [9.17, 15) is 9.18 Å². The van der Waals surface area contributed by atoms with E-state index in [1.807, 2.05) is 6.07 Å². The Bertz CT molecular complexity index is 667. The molecule has 2 aromatic rings. The van der Waals surface area contributed by atoms with Gasteiger partial charge in [-0.3, -0.25) is 4.79 Å². The highest BCUT2D eigenvalue weighted by molar-refractivity contribution is 6.32. The van der Waals surface area contributed by atoms with E-state index < -0.39 is 17.1 Å². The average Bonchev–Trinajstić information content (AvgIpc) is 2.47. The Morgan fingerprint density at radius 2 is 1.90 bits per heavy atom. The largest absolute Gasteiger partial charge is 0.323 e. The van der Waals surface area contributed by atoms with Gasteiger partial charge < -0.3 is 5.32 Å². The lowest BCUT2D eigenvalue weighted by Crippen LogP contribution is -2.18. The number of rotatable bonds is 3. The van der Waals surface area contributed by atoms with E-state index in [2.05, 4.69) is 5.32 Å². The van der Waals surface area contributed by atoms with Gasteiger partial charge in [-0.05, 0) is 17.7 Å². The minimum Gasteiger partial charge on any atom is -0.323 e. The van der Waals surface area contributed by atoms with Crippen molar-refractivity contribution in [1.29, 1.82) is 5.26 Å². The fraction of sp³-hybridized carbons (Fsp3) is 0.0667. The van der Waals surface area contributed by atoms with Crippen molar-refractivity contribution in [1.82, 2.24) is 0 Å². The number of hydrogen-bond acceptors (Lipinski definition) is 2. The number of carbonyl (C=O) groups is 1. The third-order valence-electron chi connectivity index (χ3n) is 2.71. The van der Waals surface area contributed by atoms with E-state index in [-0.39, 0.29) is 11.3 Å². The summed E-state index contributed by atoms with van der Waals surface area (Å²) in [5.41, 5.74) is 0.526. The maximum Gasteiger partial charge on any atom is 0.247 e. The van der Waals surface area contributed by atoms with Crippen molar-refractivity contribution in [3.05, 3.63) is 65.5 Å². The lowest BCUT2D eigenvalue weighted by molar-refractivity contribution is -0.116. The van der Waals surface area contributed by atoms with Crippen molar-refractivity contribution < 1.29 is 9.18 Å². The monoisotopic (exact) mass is 288 g/mol. The maximum atomic E-state index is 13.4. The number of halogens is 2. The number of alkyl halides is 1. The zero-order chi connectivity index (χ0) is 14.5. The first-order valence-electron chi connectivity index (χ1n) is 5.82. The third kappa shape index (κ3) is 2.95. The highest BCUT2D eigenvalue weighted by atomic mass is 35.5. The van der Waals surface area contributed by atoms with Gasteiger partial charge in [-0.15, -0.1) is 11.6 Å². The lowest BCUT2D eigenvalue weighted by atomic mass is 10.1. The number of nitrogens with one attached hydrogen (secondary N) is 1. The molecule has 0 radical (unpaired) electrons. The van der Waals surface area contributed by atoms with E-state index in [4.69, 9.17) is 16.9 Å². The Hall–Kier alpha value is -2.38. The van der Waals surface area contributed by atoms with Crippen molar-refractivity contribution in [3.63, 3.8) is 0 Å². The van der Waals surface area contributed by atoms with Crippen LogP contribution in [0.25, 0.3) is 0 Å². The molecule has 0 aromatic heterocycles. The molecule has 100 valence electrons. The quantitative estimate of drug-likeness (QED) is 0.877. The van der Waals surface area contributed by atoms with Crippen LogP contribution in [-0.2, 0) is 4.79 Å². The fourth-order valence-corrected chi connectivity index (χ4v) is 1.91. The van der Waals surface area contributed by atoms with Gasteiger partial charge >= 0.3 is 0 Å². The molecule has 0 saturated heterocycles. The molecule has 0 aliphatic carbocycles. The van der Waals surface area contributed by atoms with Gasteiger partial charge in [-0.25, -0.2) is 4.39 Å². The van der Waals surface area contributed by atoms with E-state index in [1.165, 1.54) is 12.1 Å². The number of carbonyl (C=O) groups excluding carboxylic acids is 1. The number of nitriles is 1. The van der Waals surface area contributed by atoms with E-state index >= 15 is 0 Å². The number of amides is 1. The molecule has 3 nitrogen and oxygen atoms in total. The summed E-state index contributed by atoms with van der Waals surface area (Å²) in [6, 6.07) is 14.5. The Kier molecular flexibility index (Phi) is 4.34. The first-order chi connectivity index (χ1) is 9.63. The molecule has 20 heavy (non-hydrogen) atoms. The predicted octanol–water partition coefficient (Wildman–Crippen LogP) is 3.62. The second-order valence-corrected chi connectivity index (χ2v) is 4.47. The summed E-state index contributed by atoms with van der Waals surface area (Å²) < 4.78 is 13.4. The molecule has 0 fully saturated rings. The van der Waals surface area contributed by atoms with E-state index in [0.29, 0.717) is 5.56 Å². The van der Waals surface area contributed by atoms with Crippen molar-refractivity contribution >= 4 is 23.2 Å². The molecule has 2 aromatic carbocycles. The van der Waals surface area contributed by atoms with Crippen LogP contribution in [0.5, 0.6) is 0 Å². The second kappa shape index (κ2) is 6.18. The summed E-state index contributed by atoms with van der Waals surface area (Å²) >= 11 is 6.05. The van der Waals surface area contributed by atoms with Gasteiger partial charge in [0.25, 0.3) is 0 Å². The molecule has 0 heterocycles. The fourth-order valence-electron chi connectivity index (χ4n) is 1.71. The van der Waals surface area contributed by atoms with E-state index in [1.54, 1.807) is 30.3 Å². The lowest BCUT2D eigenvalue weighted by Gasteiger charge is -2.12. The zero-order valence-corrected chi connectivity index (χ0v) is 11.1. The summed E-state index contributed by atoms with van der Waals surface area (Å²) in [5.74, 6) is -1.20. The van der Waals surface area contributed by atoms with Crippen LogP contribution >= 0.6 is 11.6 Å². The van der Waals surface area contributed by atoms with Crippen LogP contribution in [0, 0.1) is 17.1 Å². The molecule has 0 aliphatic heterocycles. The van der Waals surface area contributed by atoms with Gasteiger partial charge in [0, 0.05) is 0 Å². The van der Waals surface area contributed by atoms with Crippen LogP contribution in [0.4, 0.5) is 10.1 Å². The number of anilines is 1. The van der Waals surface area contributed by atoms with Crippen LogP contribution in [0.1, 0.15) is 16.5 Å². The molecule has 0 saturated carbocycles. The van der Waals surface area contributed by atoms with Gasteiger partial charge in [0.15, 0.2) is 0 Å². The minimum atomic E-state index is -0.911. The minimum absolute atomic E-state index is 0.110. The number of benzene rings is 2. The summed E-state index contributed by atoms with van der Waals surface area (Å²) in [6.45, 7) is 0. The molecule has 0 aliphatic rings. The number of hydrogen-bond donors (Lipinski definition) is 1. The average molecular weight is 289 g/mol. The van der Waals surface area contributed by atoms with Crippen LogP contribution < -0.4 is 5.32 Å². The van der Waals surface area contributed by atoms with Crippen LogP contribution in [0.2, 0.25) is 0 Å². The van der Waals surface area contributed by atoms with Gasteiger partial charge in [0.1, 0.15) is 22.8 Å². The van der Waals surface area contributed by atoms with E-state index in [0.717, 1.165) is 6.07 Å². The van der Waals surface area contributed by atoms with Crippen molar-refractivity contribution in [2.24, 2.45) is 0 Å². The summed E-state index contributed by atoms with van der Waals surface area (Å²) in [7, 11) is 0. The maximum absolute atomic E-state index is 13.4. The molecule has 5 heteroatoms. The summed E-state index contributed by atoms with van der Waals surface area (Å²) in [4.78, 5) is 12.0. The van der Waals surface area contributed by atoms with Gasteiger partial charge in [-0.1, -0.05) is 36.4 Å². The Labute approximate surface area is 120 Å². The highest BCUT2D eigenvalue weighted by Gasteiger charge is 2.19. The normalized spacial score (nSPS) is 11.4. The second-order valence-electron chi connectivity index (χ2n) is 4.04. The molecule has 0 bridgehead atoms. The van der Waals surface area contributed by atoms with Crippen molar-refractivity contribution in [3.8, 4) is 6.07 Å². The molecular formula is C15H10ClFN2O. The number of nitrogens with zero attached hydrogens (tertiary/aromatic N) is 1. The van der Waals surface area contributed by atoms with Crippen molar-refractivity contribution in [2.75, 3.05) is 5.32 Å². The smallest absolute Gasteiger partial charge is 0.247 e. The zero-order valence-electron chi connectivity index (χ0n) is 10.3. The van der Waals surface area contributed by atoms with Gasteiger partial charge in [0.05, 0.1) is 5.69 Å². The van der Waals surface area contributed by atoms with Crippen LogP contribution in [0.15, 0.2) is 48.5 Å². The Morgan fingerprint density at radius 1 is 1.20 bits per heavy atom. The summed E-state index contributed by atoms with van der Waals surface area (Å²) in [6.07, 6.45) is 0. The third-order valence-corrected chi connectivity index (χ3v) is 3.16. The topological polar surface area (TPSA) is 52.9 Å². The SMILES string of the molecule is N#Cc1c(F)cccc1NC(=O)C(Cl)c1ccccc1. The Balaban J connectivity index is 2.21. The molecule has 1 amide bonds. The van der Waals surface area contributed by atoms with Crippen LogP contribution in [0.3, 0.4) is 0 Å². The molecular weight excluding hydrogens is 279 g/mol. The van der Waals surface area contributed by atoms with Gasteiger partial charge in [-0.2, -0.15) is 5.26 Å². The molecule has 0 spiro atoms. The Morgan fingerprint density at radius 3 is 2.55 bits per heavy atom.